The highest BCUT2D eigenvalue weighted by Crippen LogP contribution is 2.29. The standard InChI is InChI=1S/C16H20N2O2S/c1-12(14-5-3-4-13(8-14)10-17)18-6-7-21-11-15(18)9-16(19)20-2/h3-5,8,12,15H,6-7,9,11H2,1-2H3/t12-,15+/m1/s1. The van der Waals surface area contributed by atoms with E-state index in [2.05, 4.69) is 17.9 Å². The van der Waals surface area contributed by atoms with Crippen molar-refractivity contribution in [3.05, 3.63) is 35.4 Å². The van der Waals surface area contributed by atoms with Gasteiger partial charge in [0.2, 0.25) is 0 Å². The zero-order valence-corrected chi connectivity index (χ0v) is 13.2. The second-order valence-electron chi connectivity index (χ2n) is 5.16. The SMILES string of the molecule is COC(=O)C[C@H]1CSCCN1[C@H](C)c1cccc(C#N)c1. The van der Waals surface area contributed by atoms with E-state index >= 15 is 0 Å². The van der Waals surface area contributed by atoms with Crippen molar-refractivity contribution >= 4 is 17.7 Å². The molecule has 0 spiro atoms. The van der Waals surface area contributed by atoms with Gasteiger partial charge in [-0.25, -0.2) is 0 Å². The molecule has 0 aromatic heterocycles. The zero-order valence-electron chi connectivity index (χ0n) is 12.4. The summed E-state index contributed by atoms with van der Waals surface area (Å²) in [4.78, 5) is 13.9. The lowest BCUT2D eigenvalue weighted by Crippen LogP contribution is -2.45. The van der Waals surface area contributed by atoms with Crippen LogP contribution in [0.1, 0.15) is 30.5 Å². The van der Waals surface area contributed by atoms with Crippen LogP contribution in [0.25, 0.3) is 0 Å². The second kappa shape index (κ2) is 7.48. The minimum absolute atomic E-state index is 0.162. The molecule has 0 amide bonds. The van der Waals surface area contributed by atoms with Crippen molar-refractivity contribution in [2.24, 2.45) is 0 Å². The van der Waals surface area contributed by atoms with E-state index < -0.39 is 0 Å². The van der Waals surface area contributed by atoms with Crippen molar-refractivity contribution in [2.75, 3.05) is 25.2 Å². The third-order valence-electron chi connectivity index (χ3n) is 3.90. The Morgan fingerprint density at radius 1 is 1.62 bits per heavy atom. The lowest BCUT2D eigenvalue weighted by atomic mass is 10.0. The van der Waals surface area contributed by atoms with Gasteiger partial charge in [0, 0.05) is 30.1 Å². The first-order valence-electron chi connectivity index (χ1n) is 7.06. The molecule has 0 unspecified atom stereocenters. The first-order chi connectivity index (χ1) is 10.2. The summed E-state index contributed by atoms with van der Waals surface area (Å²) in [6.45, 7) is 3.08. The van der Waals surface area contributed by atoms with Gasteiger partial charge >= 0.3 is 5.97 Å². The van der Waals surface area contributed by atoms with Crippen LogP contribution in [0.3, 0.4) is 0 Å². The van der Waals surface area contributed by atoms with Crippen LogP contribution in [0, 0.1) is 11.3 Å². The van der Waals surface area contributed by atoms with E-state index in [1.54, 1.807) is 0 Å². The first-order valence-corrected chi connectivity index (χ1v) is 8.21. The molecule has 0 N–H and O–H groups in total. The second-order valence-corrected chi connectivity index (χ2v) is 6.31. The van der Waals surface area contributed by atoms with Crippen LogP contribution in [-0.2, 0) is 9.53 Å². The van der Waals surface area contributed by atoms with E-state index in [-0.39, 0.29) is 18.1 Å². The van der Waals surface area contributed by atoms with Gasteiger partial charge in [0.1, 0.15) is 0 Å². The Balaban J connectivity index is 2.15. The number of methoxy groups -OCH3 is 1. The Kier molecular flexibility index (Phi) is 5.66. The highest BCUT2D eigenvalue weighted by molar-refractivity contribution is 7.99. The maximum Gasteiger partial charge on any atom is 0.307 e. The topological polar surface area (TPSA) is 53.3 Å². The van der Waals surface area contributed by atoms with Gasteiger partial charge < -0.3 is 4.74 Å². The van der Waals surface area contributed by atoms with Crippen molar-refractivity contribution in [2.45, 2.75) is 25.4 Å². The van der Waals surface area contributed by atoms with Crippen LogP contribution in [0.4, 0.5) is 0 Å². The molecule has 5 heteroatoms. The van der Waals surface area contributed by atoms with Gasteiger partial charge in [-0.05, 0) is 24.6 Å². The summed E-state index contributed by atoms with van der Waals surface area (Å²) in [6, 6.07) is 10.3. The van der Waals surface area contributed by atoms with E-state index in [0.717, 1.165) is 23.6 Å². The summed E-state index contributed by atoms with van der Waals surface area (Å²) in [7, 11) is 1.43. The van der Waals surface area contributed by atoms with Crippen LogP contribution in [0.5, 0.6) is 0 Å². The van der Waals surface area contributed by atoms with Gasteiger partial charge in [-0.1, -0.05) is 12.1 Å². The van der Waals surface area contributed by atoms with E-state index in [9.17, 15) is 4.79 Å². The van der Waals surface area contributed by atoms with Gasteiger partial charge in [-0.15, -0.1) is 0 Å². The smallest absolute Gasteiger partial charge is 0.307 e. The summed E-state index contributed by atoms with van der Waals surface area (Å²) in [5.41, 5.74) is 1.80. The van der Waals surface area contributed by atoms with E-state index in [1.807, 2.05) is 36.0 Å². The Morgan fingerprint density at radius 2 is 2.43 bits per heavy atom. The fraction of sp³-hybridized carbons (Fsp3) is 0.500. The number of carbonyl (C=O) groups excluding carboxylic acids is 1. The van der Waals surface area contributed by atoms with Gasteiger partial charge in [0.25, 0.3) is 0 Å². The lowest BCUT2D eigenvalue weighted by Gasteiger charge is -2.39. The highest BCUT2D eigenvalue weighted by Gasteiger charge is 2.29. The van der Waals surface area contributed by atoms with Crippen molar-refractivity contribution in [3.63, 3.8) is 0 Å². The van der Waals surface area contributed by atoms with E-state index in [4.69, 9.17) is 10.00 Å². The number of esters is 1. The Bertz CT molecular complexity index is 541. The van der Waals surface area contributed by atoms with E-state index in [1.165, 1.54) is 7.11 Å². The zero-order chi connectivity index (χ0) is 15.2. The summed E-state index contributed by atoms with van der Waals surface area (Å²) in [5.74, 6) is 1.85. The fourth-order valence-electron chi connectivity index (χ4n) is 2.69. The first kappa shape index (κ1) is 15.9. The molecule has 1 aromatic carbocycles. The largest absolute Gasteiger partial charge is 0.469 e. The molecule has 21 heavy (non-hydrogen) atoms. The highest BCUT2D eigenvalue weighted by atomic mass is 32.2. The molecule has 1 aromatic rings. The number of thioether (sulfide) groups is 1. The van der Waals surface area contributed by atoms with Crippen LogP contribution in [0.2, 0.25) is 0 Å². The molecule has 112 valence electrons. The average Bonchev–Trinajstić information content (AvgIpc) is 2.54. The minimum Gasteiger partial charge on any atom is -0.469 e. The predicted molar refractivity (Wildman–Crippen MR) is 84.0 cm³/mol. The van der Waals surface area contributed by atoms with Crippen LogP contribution < -0.4 is 0 Å². The number of ether oxygens (including phenoxy) is 1. The van der Waals surface area contributed by atoms with E-state index in [0.29, 0.717) is 12.0 Å². The van der Waals surface area contributed by atoms with Crippen LogP contribution in [0.15, 0.2) is 24.3 Å². The summed E-state index contributed by atoms with van der Waals surface area (Å²) < 4.78 is 4.81. The maximum absolute atomic E-state index is 11.6. The number of nitrogens with zero attached hydrogens (tertiary/aromatic N) is 2. The lowest BCUT2D eigenvalue weighted by molar-refractivity contribution is -0.142. The molecule has 2 rings (SSSR count). The van der Waals surface area contributed by atoms with Gasteiger partial charge in [0.05, 0.1) is 25.2 Å². The van der Waals surface area contributed by atoms with Crippen molar-refractivity contribution in [3.8, 4) is 6.07 Å². The number of benzene rings is 1. The monoisotopic (exact) mass is 304 g/mol. The third kappa shape index (κ3) is 3.99. The van der Waals surface area contributed by atoms with Crippen LogP contribution in [-0.4, -0.2) is 42.1 Å². The quantitative estimate of drug-likeness (QED) is 0.800. The molecule has 0 bridgehead atoms. The molecule has 0 radical (unpaired) electrons. The molecule has 1 saturated heterocycles. The molecule has 1 fully saturated rings. The minimum atomic E-state index is -0.162. The molecule has 1 aliphatic heterocycles. The average molecular weight is 304 g/mol. The normalized spacial score (nSPS) is 20.5. The summed E-state index contributed by atoms with van der Waals surface area (Å²) >= 11 is 1.88. The number of hydrogen-bond donors (Lipinski definition) is 0. The van der Waals surface area contributed by atoms with Gasteiger partial charge in [-0.3, -0.25) is 9.69 Å². The molecule has 2 atom stereocenters. The number of nitriles is 1. The van der Waals surface area contributed by atoms with Crippen molar-refractivity contribution < 1.29 is 9.53 Å². The van der Waals surface area contributed by atoms with Crippen LogP contribution >= 0.6 is 11.8 Å². The number of hydrogen-bond acceptors (Lipinski definition) is 5. The molecule has 1 heterocycles. The Hall–Kier alpha value is -1.51. The summed E-state index contributed by atoms with van der Waals surface area (Å²) in [6.07, 6.45) is 0.422. The van der Waals surface area contributed by atoms with Gasteiger partial charge in [0.15, 0.2) is 0 Å². The molecular formula is C16H20N2O2S. The fourth-order valence-corrected chi connectivity index (χ4v) is 3.78. The molecule has 0 aliphatic carbocycles. The van der Waals surface area contributed by atoms with Crippen molar-refractivity contribution in [1.82, 2.24) is 4.90 Å². The molecule has 4 nitrogen and oxygen atoms in total. The van der Waals surface area contributed by atoms with Gasteiger partial charge in [-0.2, -0.15) is 17.0 Å². The summed E-state index contributed by atoms with van der Waals surface area (Å²) in [5, 5.41) is 9.03. The molecule has 0 saturated carbocycles. The van der Waals surface area contributed by atoms with Crippen molar-refractivity contribution in [1.29, 1.82) is 5.26 Å². The third-order valence-corrected chi connectivity index (χ3v) is 4.99. The number of rotatable bonds is 4. The number of carbonyl (C=O) groups is 1. The Labute approximate surface area is 130 Å². The Morgan fingerprint density at radius 3 is 3.14 bits per heavy atom. The molecular weight excluding hydrogens is 284 g/mol. The molecule has 1 aliphatic rings. The predicted octanol–water partition coefficient (Wildman–Crippen LogP) is 2.60. The maximum atomic E-state index is 11.6.